The van der Waals surface area contributed by atoms with Crippen molar-refractivity contribution < 1.29 is 13.9 Å². The highest BCUT2D eigenvalue weighted by atomic mass is 35.5. The van der Waals surface area contributed by atoms with E-state index in [-0.39, 0.29) is 23.0 Å². The summed E-state index contributed by atoms with van der Waals surface area (Å²) in [5.74, 6) is 0.357. The molecule has 0 unspecified atom stereocenters. The smallest absolute Gasteiger partial charge is 0.258 e. The summed E-state index contributed by atoms with van der Waals surface area (Å²) in [5.41, 5.74) is 1.54. The number of hydrogen-bond donors (Lipinski definition) is 0. The van der Waals surface area contributed by atoms with Crippen LogP contribution in [0.25, 0.3) is 0 Å². The largest absolute Gasteiger partial charge is 0.452 e. The first-order valence-corrected chi connectivity index (χ1v) is 8.06. The summed E-state index contributed by atoms with van der Waals surface area (Å²) < 4.78 is 12.4. The Morgan fingerprint density at radius 1 is 1.52 bits per heavy atom. The molecule has 1 saturated heterocycles. The van der Waals surface area contributed by atoms with Gasteiger partial charge in [0.1, 0.15) is 0 Å². The van der Waals surface area contributed by atoms with E-state index in [4.69, 9.17) is 20.8 Å². The third-order valence-corrected chi connectivity index (χ3v) is 4.56. The van der Waals surface area contributed by atoms with Crippen molar-refractivity contribution in [2.75, 3.05) is 26.3 Å². The first kappa shape index (κ1) is 16.1. The van der Waals surface area contributed by atoms with Gasteiger partial charge in [0.05, 0.1) is 24.6 Å². The van der Waals surface area contributed by atoms with Crippen molar-refractivity contribution in [3.63, 3.8) is 0 Å². The van der Waals surface area contributed by atoms with Gasteiger partial charge in [0.15, 0.2) is 0 Å². The van der Waals surface area contributed by atoms with Crippen LogP contribution in [0.5, 0.6) is 0 Å². The number of aryl methyl sites for hydroxylation is 1. The Morgan fingerprint density at radius 3 is 2.96 bits per heavy atom. The molecule has 3 rings (SSSR count). The van der Waals surface area contributed by atoms with Crippen LogP contribution in [0.15, 0.2) is 29.1 Å². The molecule has 6 nitrogen and oxygen atoms in total. The molecular weight excluding hydrogens is 318 g/mol. The molecule has 124 valence electrons. The molecule has 3 heterocycles. The minimum absolute atomic E-state index is 0.100. The lowest BCUT2D eigenvalue weighted by Gasteiger charge is -2.16. The summed E-state index contributed by atoms with van der Waals surface area (Å²) in [6.07, 6.45) is 5.30. The zero-order valence-corrected chi connectivity index (χ0v) is 14.0. The van der Waals surface area contributed by atoms with Crippen molar-refractivity contribution >= 4 is 17.5 Å². The molecule has 0 aliphatic carbocycles. The van der Waals surface area contributed by atoms with Gasteiger partial charge in [-0.1, -0.05) is 0 Å². The summed E-state index contributed by atoms with van der Waals surface area (Å²) in [7, 11) is 1.89. The molecular formula is C16H20ClN3O3. The number of rotatable bonds is 5. The number of likely N-dealkylation sites (tertiary alicyclic amines) is 1. The second-order valence-electron chi connectivity index (χ2n) is 5.79. The van der Waals surface area contributed by atoms with Crippen molar-refractivity contribution in [1.29, 1.82) is 0 Å². The highest BCUT2D eigenvalue weighted by Crippen LogP contribution is 2.34. The third kappa shape index (κ3) is 3.28. The molecule has 2 aromatic heterocycles. The Hall–Kier alpha value is -1.79. The fourth-order valence-corrected chi connectivity index (χ4v) is 3.30. The van der Waals surface area contributed by atoms with Gasteiger partial charge < -0.3 is 14.1 Å². The van der Waals surface area contributed by atoms with Crippen LogP contribution in [0.3, 0.4) is 0 Å². The molecule has 0 aromatic carbocycles. The summed E-state index contributed by atoms with van der Waals surface area (Å²) >= 11 is 5.94. The fraction of sp³-hybridized carbons (Fsp3) is 0.500. The van der Waals surface area contributed by atoms with Gasteiger partial charge >= 0.3 is 0 Å². The van der Waals surface area contributed by atoms with Crippen molar-refractivity contribution in [3.05, 3.63) is 41.1 Å². The van der Waals surface area contributed by atoms with Crippen molar-refractivity contribution in [1.82, 2.24) is 14.7 Å². The maximum atomic E-state index is 12.7. The molecule has 2 atom stereocenters. The number of aromatic nitrogens is 2. The fourth-order valence-electron chi connectivity index (χ4n) is 3.10. The van der Waals surface area contributed by atoms with Crippen LogP contribution < -0.4 is 0 Å². The van der Waals surface area contributed by atoms with E-state index in [1.54, 1.807) is 10.7 Å². The van der Waals surface area contributed by atoms with E-state index in [2.05, 4.69) is 5.10 Å². The number of carbonyl (C=O) groups is 1. The SMILES string of the molecule is CCOC[C@@H]1CN(C(=O)c2ccoc2Cl)C[C@H]1c1cnn(C)c1. The molecule has 2 aromatic rings. The predicted octanol–water partition coefficient (Wildman–Crippen LogP) is 2.56. The first-order valence-electron chi connectivity index (χ1n) is 7.68. The maximum Gasteiger partial charge on any atom is 0.258 e. The van der Waals surface area contributed by atoms with Gasteiger partial charge in [-0.2, -0.15) is 5.10 Å². The van der Waals surface area contributed by atoms with E-state index >= 15 is 0 Å². The minimum Gasteiger partial charge on any atom is -0.452 e. The highest BCUT2D eigenvalue weighted by molar-refractivity contribution is 6.32. The van der Waals surface area contributed by atoms with Gasteiger partial charge in [0, 0.05) is 44.8 Å². The molecule has 1 aliphatic rings. The number of hydrogen-bond acceptors (Lipinski definition) is 4. The Labute approximate surface area is 140 Å². The number of carbonyl (C=O) groups excluding carboxylic acids is 1. The molecule has 0 N–H and O–H groups in total. The molecule has 23 heavy (non-hydrogen) atoms. The molecule has 1 fully saturated rings. The standard InChI is InChI=1S/C16H20ClN3O3/c1-3-22-10-12-8-20(16(21)13-4-5-23-15(13)17)9-14(12)11-6-18-19(2)7-11/h4-7,12,14H,3,8-10H2,1-2H3/t12-,14-/m0/s1. The third-order valence-electron chi connectivity index (χ3n) is 4.27. The average molecular weight is 338 g/mol. The average Bonchev–Trinajstić information content (AvgIpc) is 3.24. The molecule has 1 aliphatic heterocycles. The second kappa shape index (κ2) is 6.76. The molecule has 1 amide bonds. The monoisotopic (exact) mass is 337 g/mol. The first-order chi connectivity index (χ1) is 11.1. The van der Waals surface area contributed by atoms with Crippen molar-refractivity contribution in [2.24, 2.45) is 13.0 Å². The Morgan fingerprint density at radius 2 is 2.35 bits per heavy atom. The summed E-state index contributed by atoms with van der Waals surface area (Å²) in [6, 6.07) is 1.61. The molecule has 7 heteroatoms. The molecule has 0 saturated carbocycles. The van der Waals surface area contributed by atoms with Crippen LogP contribution in [0.4, 0.5) is 0 Å². The lowest BCUT2D eigenvalue weighted by molar-refractivity contribution is 0.0762. The summed E-state index contributed by atoms with van der Waals surface area (Å²) in [4.78, 5) is 14.5. The van der Waals surface area contributed by atoms with Crippen LogP contribution in [-0.2, 0) is 11.8 Å². The molecule has 0 radical (unpaired) electrons. The topological polar surface area (TPSA) is 60.5 Å². The normalized spacial score (nSPS) is 21.1. The summed E-state index contributed by atoms with van der Waals surface area (Å²) in [5, 5.41) is 4.39. The number of furan rings is 1. The van der Waals surface area contributed by atoms with Crippen LogP contribution in [0.1, 0.15) is 28.8 Å². The molecule has 0 spiro atoms. The van der Waals surface area contributed by atoms with E-state index in [0.29, 0.717) is 31.9 Å². The highest BCUT2D eigenvalue weighted by Gasteiger charge is 2.37. The maximum absolute atomic E-state index is 12.7. The lowest BCUT2D eigenvalue weighted by Crippen LogP contribution is -2.29. The zero-order chi connectivity index (χ0) is 16.4. The van der Waals surface area contributed by atoms with Crippen molar-refractivity contribution in [2.45, 2.75) is 12.8 Å². The van der Waals surface area contributed by atoms with Crippen molar-refractivity contribution in [3.8, 4) is 0 Å². The van der Waals surface area contributed by atoms with Gasteiger partial charge in [-0.05, 0) is 30.2 Å². The Kier molecular flexibility index (Phi) is 4.73. The van der Waals surface area contributed by atoms with Gasteiger partial charge in [-0.15, -0.1) is 0 Å². The Bertz CT molecular complexity index is 682. The van der Waals surface area contributed by atoms with Crippen LogP contribution >= 0.6 is 11.6 Å². The van der Waals surface area contributed by atoms with Gasteiger partial charge in [-0.3, -0.25) is 9.48 Å². The number of halogens is 1. The van der Waals surface area contributed by atoms with Gasteiger partial charge in [0.2, 0.25) is 5.22 Å². The Balaban J connectivity index is 1.79. The quantitative estimate of drug-likeness (QED) is 0.841. The predicted molar refractivity (Wildman–Crippen MR) is 85.6 cm³/mol. The summed E-state index contributed by atoms with van der Waals surface area (Å²) in [6.45, 7) is 4.53. The van der Waals surface area contributed by atoms with E-state index < -0.39 is 0 Å². The molecule has 0 bridgehead atoms. The van der Waals surface area contributed by atoms with E-state index in [1.807, 2.05) is 31.3 Å². The van der Waals surface area contributed by atoms with E-state index in [9.17, 15) is 4.79 Å². The number of amides is 1. The van der Waals surface area contributed by atoms with Crippen LogP contribution in [-0.4, -0.2) is 46.9 Å². The van der Waals surface area contributed by atoms with E-state index in [0.717, 1.165) is 5.56 Å². The van der Waals surface area contributed by atoms with E-state index in [1.165, 1.54) is 6.26 Å². The van der Waals surface area contributed by atoms with Crippen LogP contribution in [0, 0.1) is 5.92 Å². The second-order valence-corrected chi connectivity index (χ2v) is 6.13. The van der Waals surface area contributed by atoms with Gasteiger partial charge in [0.25, 0.3) is 5.91 Å². The lowest BCUT2D eigenvalue weighted by atomic mass is 9.92. The zero-order valence-electron chi connectivity index (χ0n) is 13.2. The minimum atomic E-state index is -0.100. The number of nitrogens with zero attached hydrogens (tertiary/aromatic N) is 3. The van der Waals surface area contributed by atoms with Gasteiger partial charge in [-0.25, -0.2) is 0 Å². The van der Waals surface area contributed by atoms with Crippen LogP contribution in [0.2, 0.25) is 5.22 Å². The number of ether oxygens (including phenoxy) is 1.